The maximum absolute atomic E-state index is 10.2. The number of rotatable bonds is 10. The number of halogens is 1. The molecule has 2 N–H and O–H groups in total. The molecule has 2 nitrogen and oxygen atoms in total. The summed E-state index contributed by atoms with van der Waals surface area (Å²) in [6.07, 6.45) is 6.92. The Kier molecular flexibility index (Phi) is 9.38. The molecule has 16 heavy (non-hydrogen) atoms. The quantitative estimate of drug-likeness (QED) is 0.460. The Balaban J connectivity index is 3.99. The molecule has 0 aromatic rings. The molecule has 0 saturated heterocycles. The lowest BCUT2D eigenvalue weighted by Gasteiger charge is -2.31. The van der Waals surface area contributed by atoms with E-state index >= 15 is 0 Å². The van der Waals surface area contributed by atoms with E-state index in [1.807, 2.05) is 0 Å². The van der Waals surface area contributed by atoms with Crippen molar-refractivity contribution in [1.82, 2.24) is 0 Å². The molecule has 0 amide bonds. The van der Waals surface area contributed by atoms with E-state index in [0.29, 0.717) is 12.8 Å². The lowest BCUT2D eigenvalue weighted by atomic mass is 9.89. The van der Waals surface area contributed by atoms with Gasteiger partial charge in [-0.3, -0.25) is 0 Å². The second-order valence-electron chi connectivity index (χ2n) is 4.71. The summed E-state index contributed by atoms with van der Waals surface area (Å²) in [6, 6.07) is 0. The van der Waals surface area contributed by atoms with Gasteiger partial charge in [-0.15, -0.1) is 11.6 Å². The second-order valence-corrected chi connectivity index (χ2v) is 4.97. The first-order chi connectivity index (χ1) is 7.60. The SMILES string of the molecule is CCCCCC(O)C(O)(CCl)CCCCC. The average Bonchev–Trinajstić information content (AvgIpc) is 2.29. The summed E-state index contributed by atoms with van der Waals surface area (Å²) in [6.45, 7) is 4.25. The zero-order valence-corrected chi connectivity index (χ0v) is 11.5. The van der Waals surface area contributed by atoms with Gasteiger partial charge in [0.05, 0.1) is 12.0 Å². The molecule has 0 aromatic carbocycles. The minimum Gasteiger partial charge on any atom is -0.390 e. The third-order valence-corrected chi connectivity index (χ3v) is 3.61. The van der Waals surface area contributed by atoms with Gasteiger partial charge in [0.15, 0.2) is 0 Å². The Morgan fingerprint density at radius 3 is 2.12 bits per heavy atom. The molecule has 0 spiro atoms. The van der Waals surface area contributed by atoms with Gasteiger partial charge in [-0.2, -0.15) is 0 Å². The minimum absolute atomic E-state index is 0.129. The predicted octanol–water partition coefficient (Wildman–Crippen LogP) is 3.48. The van der Waals surface area contributed by atoms with Gasteiger partial charge >= 0.3 is 0 Å². The third-order valence-electron chi connectivity index (χ3n) is 3.15. The van der Waals surface area contributed by atoms with Crippen LogP contribution in [-0.2, 0) is 0 Å². The van der Waals surface area contributed by atoms with E-state index in [1.54, 1.807) is 0 Å². The number of unbranched alkanes of at least 4 members (excludes halogenated alkanes) is 4. The van der Waals surface area contributed by atoms with Crippen LogP contribution in [0, 0.1) is 0 Å². The summed E-state index contributed by atoms with van der Waals surface area (Å²) >= 11 is 5.79. The Bertz CT molecular complexity index is 164. The predicted molar refractivity (Wildman–Crippen MR) is 70.0 cm³/mol. The highest BCUT2D eigenvalue weighted by Crippen LogP contribution is 2.24. The zero-order valence-electron chi connectivity index (χ0n) is 10.7. The van der Waals surface area contributed by atoms with Gasteiger partial charge in [-0.1, -0.05) is 52.4 Å². The lowest BCUT2D eigenvalue weighted by Crippen LogP contribution is -2.44. The van der Waals surface area contributed by atoms with Crippen LogP contribution in [0.2, 0.25) is 0 Å². The topological polar surface area (TPSA) is 40.5 Å². The molecule has 0 aliphatic rings. The number of aliphatic hydroxyl groups is 2. The zero-order chi connectivity index (χ0) is 12.4. The fourth-order valence-electron chi connectivity index (χ4n) is 1.86. The van der Waals surface area contributed by atoms with Gasteiger partial charge in [0.1, 0.15) is 5.60 Å². The maximum Gasteiger partial charge on any atom is 0.104 e. The van der Waals surface area contributed by atoms with E-state index in [9.17, 15) is 10.2 Å². The summed E-state index contributed by atoms with van der Waals surface area (Å²) in [5, 5.41) is 20.2. The van der Waals surface area contributed by atoms with E-state index < -0.39 is 11.7 Å². The molecule has 0 heterocycles. The first kappa shape index (κ1) is 16.2. The fourth-order valence-corrected chi connectivity index (χ4v) is 2.17. The molecular weight excluding hydrogens is 224 g/mol. The lowest BCUT2D eigenvalue weighted by molar-refractivity contribution is -0.0694. The van der Waals surface area contributed by atoms with E-state index in [1.165, 1.54) is 0 Å². The van der Waals surface area contributed by atoms with E-state index in [4.69, 9.17) is 11.6 Å². The van der Waals surface area contributed by atoms with E-state index in [0.717, 1.165) is 38.5 Å². The van der Waals surface area contributed by atoms with Crippen molar-refractivity contribution in [3.63, 3.8) is 0 Å². The number of alkyl halides is 1. The van der Waals surface area contributed by atoms with Crippen LogP contribution in [0.3, 0.4) is 0 Å². The highest BCUT2D eigenvalue weighted by molar-refractivity contribution is 6.18. The molecule has 2 unspecified atom stereocenters. The van der Waals surface area contributed by atoms with Crippen LogP contribution in [0.5, 0.6) is 0 Å². The number of aliphatic hydroxyl groups excluding tert-OH is 1. The van der Waals surface area contributed by atoms with Crippen molar-refractivity contribution in [1.29, 1.82) is 0 Å². The van der Waals surface area contributed by atoms with E-state index in [-0.39, 0.29) is 5.88 Å². The second kappa shape index (κ2) is 9.26. The van der Waals surface area contributed by atoms with Crippen LogP contribution >= 0.6 is 11.6 Å². The van der Waals surface area contributed by atoms with Crippen LogP contribution in [0.4, 0.5) is 0 Å². The van der Waals surface area contributed by atoms with Gasteiger partial charge in [0, 0.05) is 0 Å². The Morgan fingerprint density at radius 2 is 1.62 bits per heavy atom. The number of hydrogen-bond donors (Lipinski definition) is 2. The molecule has 0 aliphatic heterocycles. The summed E-state index contributed by atoms with van der Waals surface area (Å²) in [5.41, 5.74) is -1.08. The summed E-state index contributed by atoms with van der Waals surface area (Å²) < 4.78 is 0. The van der Waals surface area contributed by atoms with Crippen LogP contribution in [0.1, 0.15) is 65.2 Å². The monoisotopic (exact) mass is 250 g/mol. The van der Waals surface area contributed by atoms with Gasteiger partial charge < -0.3 is 10.2 Å². The van der Waals surface area contributed by atoms with Gasteiger partial charge in [-0.05, 0) is 12.8 Å². The molecule has 0 fully saturated rings. The smallest absolute Gasteiger partial charge is 0.104 e. The van der Waals surface area contributed by atoms with Crippen molar-refractivity contribution in [2.75, 3.05) is 5.88 Å². The first-order valence-corrected chi connectivity index (χ1v) is 7.10. The molecule has 98 valence electrons. The van der Waals surface area contributed by atoms with Crippen LogP contribution in [-0.4, -0.2) is 27.8 Å². The number of hydrogen-bond acceptors (Lipinski definition) is 2. The normalized spacial score (nSPS) is 17.1. The molecule has 0 rings (SSSR count). The molecule has 0 bridgehead atoms. The highest BCUT2D eigenvalue weighted by Gasteiger charge is 2.33. The summed E-state index contributed by atoms with van der Waals surface area (Å²) in [4.78, 5) is 0. The van der Waals surface area contributed by atoms with Crippen molar-refractivity contribution in [2.24, 2.45) is 0 Å². The van der Waals surface area contributed by atoms with Crippen molar-refractivity contribution >= 4 is 11.6 Å². The average molecular weight is 251 g/mol. The van der Waals surface area contributed by atoms with Gasteiger partial charge in [-0.25, -0.2) is 0 Å². The molecule has 0 aromatic heterocycles. The van der Waals surface area contributed by atoms with Crippen LogP contribution in [0.25, 0.3) is 0 Å². The molecule has 3 heteroatoms. The molecule has 0 radical (unpaired) electrons. The summed E-state index contributed by atoms with van der Waals surface area (Å²) in [7, 11) is 0. The molecule has 0 aliphatic carbocycles. The third kappa shape index (κ3) is 6.07. The fraction of sp³-hybridized carbons (Fsp3) is 1.00. The summed E-state index contributed by atoms with van der Waals surface area (Å²) in [5.74, 6) is 0.129. The Labute approximate surface area is 105 Å². The van der Waals surface area contributed by atoms with Gasteiger partial charge in [0.25, 0.3) is 0 Å². The minimum atomic E-state index is -1.08. The van der Waals surface area contributed by atoms with E-state index in [2.05, 4.69) is 13.8 Å². The molecular formula is C13H27ClO2. The van der Waals surface area contributed by atoms with Crippen LogP contribution < -0.4 is 0 Å². The maximum atomic E-state index is 10.2. The Hall–Kier alpha value is 0.210. The highest BCUT2D eigenvalue weighted by atomic mass is 35.5. The van der Waals surface area contributed by atoms with Crippen molar-refractivity contribution in [3.8, 4) is 0 Å². The van der Waals surface area contributed by atoms with Crippen molar-refractivity contribution in [3.05, 3.63) is 0 Å². The Morgan fingerprint density at radius 1 is 1.06 bits per heavy atom. The molecule has 0 saturated carbocycles. The standard InChI is InChI=1S/C13H27ClO2/c1-3-5-7-9-12(15)13(16,11-14)10-8-6-4-2/h12,15-16H,3-11H2,1-2H3. The van der Waals surface area contributed by atoms with Crippen LogP contribution in [0.15, 0.2) is 0 Å². The largest absolute Gasteiger partial charge is 0.390 e. The van der Waals surface area contributed by atoms with Gasteiger partial charge in [0.2, 0.25) is 0 Å². The van der Waals surface area contributed by atoms with Crippen molar-refractivity contribution < 1.29 is 10.2 Å². The first-order valence-electron chi connectivity index (χ1n) is 6.57. The molecule has 2 atom stereocenters. The van der Waals surface area contributed by atoms with Crippen molar-refractivity contribution in [2.45, 2.75) is 76.9 Å².